The first-order valence-corrected chi connectivity index (χ1v) is 6.15. The van der Waals surface area contributed by atoms with Gasteiger partial charge in [-0.3, -0.25) is 0 Å². The molecule has 0 saturated heterocycles. The fourth-order valence-corrected chi connectivity index (χ4v) is 1.61. The molecule has 0 radical (unpaired) electrons. The van der Waals surface area contributed by atoms with Crippen LogP contribution in [0.15, 0.2) is 30.6 Å². The van der Waals surface area contributed by atoms with Gasteiger partial charge < -0.3 is 15.2 Å². The molecule has 5 heteroatoms. The van der Waals surface area contributed by atoms with Crippen molar-refractivity contribution in [2.24, 2.45) is 5.73 Å². The van der Waals surface area contributed by atoms with Crippen molar-refractivity contribution < 1.29 is 9.47 Å². The average molecular weight is 259 g/mol. The Labute approximate surface area is 112 Å². The molecular formula is C14H17N3O2. The van der Waals surface area contributed by atoms with Crippen LogP contribution in [0.3, 0.4) is 0 Å². The molecule has 2 rings (SSSR count). The molecule has 0 fully saturated rings. The molecule has 2 aromatic rings. The molecule has 0 saturated carbocycles. The van der Waals surface area contributed by atoms with Crippen molar-refractivity contribution in [1.82, 2.24) is 9.97 Å². The van der Waals surface area contributed by atoms with E-state index in [4.69, 9.17) is 15.2 Å². The molecule has 2 N–H and O–H groups in total. The van der Waals surface area contributed by atoms with Gasteiger partial charge in [0, 0.05) is 6.54 Å². The smallest absolute Gasteiger partial charge is 0.229 e. The van der Waals surface area contributed by atoms with Gasteiger partial charge in [0.1, 0.15) is 12.1 Å². The quantitative estimate of drug-likeness (QED) is 0.893. The first-order valence-electron chi connectivity index (χ1n) is 6.15. The van der Waals surface area contributed by atoms with Crippen molar-refractivity contribution >= 4 is 0 Å². The van der Waals surface area contributed by atoms with Crippen molar-refractivity contribution in [3.63, 3.8) is 0 Å². The summed E-state index contributed by atoms with van der Waals surface area (Å²) in [5.74, 6) is 1.76. The van der Waals surface area contributed by atoms with E-state index < -0.39 is 0 Å². The number of rotatable bonds is 5. The lowest BCUT2D eigenvalue weighted by atomic mass is 10.2. The molecule has 0 aliphatic rings. The van der Waals surface area contributed by atoms with Crippen LogP contribution in [0.5, 0.6) is 17.5 Å². The molecule has 0 amide bonds. The molecule has 5 nitrogen and oxygen atoms in total. The van der Waals surface area contributed by atoms with Crippen molar-refractivity contribution in [1.29, 1.82) is 0 Å². The van der Waals surface area contributed by atoms with E-state index in [1.807, 2.05) is 38.1 Å². The third-order valence-corrected chi connectivity index (χ3v) is 2.65. The van der Waals surface area contributed by atoms with Crippen LogP contribution in [0.1, 0.15) is 18.1 Å². The summed E-state index contributed by atoms with van der Waals surface area (Å²) >= 11 is 0. The van der Waals surface area contributed by atoms with Gasteiger partial charge in [0.05, 0.1) is 12.2 Å². The maximum atomic E-state index is 5.72. The maximum Gasteiger partial charge on any atom is 0.229 e. The Balaban J connectivity index is 2.20. The molecular weight excluding hydrogens is 242 g/mol. The molecule has 0 unspecified atom stereocenters. The van der Waals surface area contributed by atoms with Crippen LogP contribution in [-0.4, -0.2) is 16.6 Å². The predicted octanol–water partition coefficient (Wildman–Crippen LogP) is 2.43. The fraction of sp³-hybridized carbons (Fsp3) is 0.286. The number of hydrogen-bond donors (Lipinski definition) is 1. The summed E-state index contributed by atoms with van der Waals surface area (Å²) in [6, 6.07) is 7.58. The highest BCUT2D eigenvalue weighted by Gasteiger charge is 2.09. The highest BCUT2D eigenvalue weighted by Crippen LogP contribution is 2.27. The number of nitrogens with two attached hydrogens (primary N) is 1. The Bertz CT molecular complexity index is 541. The van der Waals surface area contributed by atoms with E-state index in [1.165, 1.54) is 6.33 Å². The highest BCUT2D eigenvalue weighted by atomic mass is 16.5. The monoisotopic (exact) mass is 259 g/mol. The zero-order chi connectivity index (χ0) is 13.7. The van der Waals surface area contributed by atoms with E-state index in [2.05, 4.69) is 9.97 Å². The number of nitrogens with zero attached hydrogens (tertiary/aromatic N) is 2. The minimum atomic E-state index is 0.499. The SMILES string of the molecule is CCOc1ncnc(Oc2ccc(CN)cc2)c1C. The molecule has 1 heterocycles. The van der Waals surface area contributed by atoms with Gasteiger partial charge in [-0.2, -0.15) is 0 Å². The number of aromatic nitrogens is 2. The Morgan fingerprint density at radius 1 is 1.11 bits per heavy atom. The summed E-state index contributed by atoms with van der Waals surface area (Å²) in [6.07, 6.45) is 1.43. The second kappa shape index (κ2) is 6.15. The van der Waals surface area contributed by atoms with Crippen LogP contribution in [0, 0.1) is 6.92 Å². The summed E-state index contributed by atoms with van der Waals surface area (Å²) < 4.78 is 11.1. The minimum absolute atomic E-state index is 0.499. The molecule has 1 aromatic carbocycles. The standard InChI is InChI=1S/C14H17N3O2/c1-3-18-13-10(2)14(17-9-16-13)19-12-6-4-11(8-15)5-7-12/h4-7,9H,3,8,15H2,1-2H3. The summed E-state index contributed by atoms with van der Waals surface area (Å²) in [5.41, 5.74) is 7.39. The van der Waals surface area contributed by atoms with Crippen LogP contribution < -0.4 is 15.2 Å². The molecule has 100 valence electrons. The summed E-state index contributed by atoms with van der Waals surface area (Å²) in [7, 11) is 0. The van der Waals surface area contributed by atoms with E-state index in [-0.39, 0.29) is 0 Å². The summed E-state index contributed by atoms with van der Waals surface area (Å²) in [6.45, 7) is 4.85. The molecule has 0 aliphatic heterocycles. The van der Waals surface area contributed by atoms with Crippen LogP contribution in [0.2, 0.25) is 0 Å². The van der Waals surface area contributed by atoms with E-state index in [0.29, 0.717) is 30.7 Å². The molecule has 0 spiro atoms. The van der Waals surface area contributed by atoms with E-state index in [9.17, 15) is 0 Å². The van der Waals surface area contributed by atoms with Crippen molar-refractivity contribution in [3.8, 4) is 17.5 Å². The Kier molecular flexibility index (Phi) is 4.30. The Morgan fingerprint density at radius 2 is 1.79 bits per heavy atom. The Hall–Kier alpha value is -2.14. The zero-order valence-corrected chi connectivity index (χ0v) is 11.1. The fourth-order valence-electron chi connectivity index (χ4n) is 1.61. The Morgan fingerprint density at radius 3 is 2.42 bits per heavy atom. The van der Waals surface area contributed by atoms with E-state index in [1.54, 1.807) is 0 Å². The number of hydrogen-bond acceptors (Lipinski definition) is 5. The lowest BCUT2D eigenvalue weighted by Gasteiger charge is -2.10. The lowest BCUT2D eigenvalue weighted by molar-refractivity contribution is 0.319. The largest absolute Gasteiger partial charge is 0.478 e. The van der Waals surface area contributed by atoms with Crippen molar-refractivity contribution in [2.45, 2.75) is 20.4 Å². The van der Waals surface area contributed by atoms with Crippen LogP contribution in [0.4, 0.5) is 0 Å². The normalized spacial score (nSPS) is 10.3. The number of ether oxygens (including phenoxy) is 2. The second-order valence-corrected chi connectivity index (χ2v) is 3.99. The molecule has 0 aliphatic carbocycles. The molecule has 19 heavy (non-hydrogen) atoms. The van der Waals surface area contributed by atoms with Crippen LogP contribution >= 0.6 is 0 Å². The van der Waals surface area contributed by atoms with Gasteiger partial charge in [-0.15, -0.1) is 0 Å². The van der Waals surface area contributed by atoms with E-state index in [0.717, 1.165) is 11.1 Å². The third kappa shape index (κ3) is 3.20. The molecule has 0 atom stereocenters. The van der Waals surface area contributed by atoms with Gasteiger partial charge >= 0.3 is 0 Å². The zero-order valence-electron chi connectivity index (χ0n) is 11.1. The molecule has 1 aromatic heterocycles. The van der Waals surface area contributed by atoms with Gasteiger partial charge in [-0.25, -0.2) is 9.97 Å². The van der Waals surface area contributed by atoms with Crippen molar-refractivity contribution in [2.75, 3.05) is 6.61 Å². The predicted molar refractivity (Wildman–Crippen MR) is 72.3 cm³/mol. The average Bonchev–Trinajstić information content (AvgIpc) is 2.44. The first-order chi connectivity index (χ1) is 9.24. The van der Waals surface area contributed by atoms with Crippen LogP contribution in [0.25, 0.3) is 0 Å². The van der Waals surface area contributed by atoms with E-state index >= 15 is 0 Å². The van der Waals surface area contributed by atoms with Gasteiger partial charge in [-0.05, 0) is 31.5 Å². The topological polar surface area (TPSA) is 70.3 Å². The highest BCUT2D eigenvalue weighted by molar-refractivity contribution is 5.37. The summed E-state index contributed by atoms with van der Waals surface area (Å²) in [5, 5.41) is 0. The molecule has 0 bridgehead atoms. The lowest BCUT2D eigenvalue weighted by Crippen LogP contribution is -2.00. The van der Waals surface area contributed by atoms with Crippen molar-refractivity contribution in [3.05, 3.63) is 41.7 Å². The third-order valence-electron chi connectivity index (χ3n) is 2.65. The van der Waals surface area contributed by atoms with Gasteiger partial charge in [0.25, 0.3) is 0 Å². The number of benzene rings is 1. The minimum Gasteiger partial charge on any atom is -0.478 e. The van der Waals surface area contributed by atoms with Gasteiger partial charge in [0.15, 0.2) is 0 Å². The van der Waals surface area contributed by atoms with Crippen LogP contribution in [-0.2, 0) is 6.54 Å². The first kappa shape index (κ1) is 13.3. The summed E-state index contributed by atoms with van der Waals surface area (Å²) in [4.78, 5) is 8.19. The second-order valence-electron chi connectivity index (χ2n) is 3.99. The van der Waals surface area contributed by atoms with Gasteiger partial charge in [0.2, 0.25) is 11.8 Å². The van der Waals surface area contributed by atoms with Gasteiger partial charge in [-0.1, -0.05) is 12.1 Å². The maximum absolute atomic E-state index is 5.72.